The van der Waals surface area contributed by atoms with Crippen molar-refractivity contribution in [2.24, 2.45) is 0 Å². The zero-order valence-electron chi connectivity index (χ0n) is 43.6. The predicted octanol–water partition coefficient (Wildman–Crippen LogP) is 19.5. The van der Waals surface area contributed by atoms with Gasteiger partial charge in [-0.05, 0) is 38.5 Å². The first-order chi connectivity index (χ1) is 31.6. The second-order valence-corrected chi connectivity index (χ2v) is 20.1. The van der Waals surface area contributed by atoms with Crippen LogP contribution in [0.15, 0.2) is 12.2 Å². The Balaban J connectivity index is 3.38. The Kier molecular flexibility index (Phi) is 54.8. The van der Waals surface area contributed by atoms with Gasteiger partial charge < -0.3 is 14.6 Å². The van der Waals surface area contributed by atoms with Crippen LogP contribution in [0.2, 0.25) is 0 Å². The van der Waals surface area contributed by atoms with Crippen LogP contribution < -0.4 is 0 Å². The molecule has 0 aromatic rings. The van der Waals surface area contributed by atoms with Gasteiger partial charge in [-0.25, -0.2) is 0 Å². The zero-order valence-corrected chi connectivity index (χ0v) is 43.6. The summed E-state index contributed by atoms with van der Waals surface area (Å²) >= 11 is 0. The highest BCUT2D eigenvalue weighted by Crippen LogP contribution is 2.18. The molecule has 0 bridgehead atoms. The van der Waals surface area contributed by atoms with Gasteiger partial charge in [-0.1, -0.05) is 296 Å². The van der Waals surface area contributed by atoms with Crippen molar-refractivity contribution in [1.29, 1.82) is 0 Å². The van der Waals surface area contributed by atoms with Crippen molar-refractivity contribution in [3.8, 4) is 0 Å². The summed E-state index contributed by atoms with van der Waals surface area (Å²) in [5.41, 5.74) is 0. The number of aliphatic hydroxyl groups is 1. The quantitative estimate of drug-likeness (QED) is 0.0374. The Labute approximate surface area is 401 Å². The lowest BCUT2D eigenvalue weighted by atomic mass is 10.0. The third-order valence-electron chi connectivity index (χ3n) is 13.6. The highest BCUT2D eigenvalue weighted by atomic mass is 16.6. The number of unbranched alkanes of at least 4 members (excludes halogenated alkanes) is 45. The van der Waals surface area contributed by atoms with E-state index in [9.17, 15) is 14.7 Å². The number of ether oxygens (including phenoxy) is 2. The molecule has 0 saturated carbocycles. The lowest BCUT2D eigenvalue weighted by Gasteiger charge is -2.15. The Hall–Kier alpha value is -1.36. The minimum absolute atomic E-state index is 0.0594. The fraction of sp³-hybridized carbons (Fsp3) is 0.932. The van der Waals surface area contributed by atoms with Crippen LogP contribution in [0, 0.1) is 0 Å². The van der Waals surface area contributed by atoms with E-state index in [1.807, 2.05) is 0 Å². The summed E-state index contributed by atoms with van der Waals surface area (Å²) in [5.74, 6) is -0.571. The SMILES string of the molecule is CCCCCCCC/C=C\CCCCCCCCCCCC(=O)OC(CO)COC(=O)CCCCCCCCCCCCCCCCCCCCCCCCCCCCCCCCC. The van der Waals surface area contributed by atoms with Crippen LogP contribution in [-0.2, 0) is 19.1 Å². The number of carbonyl (C=O) groups is 2. The highest BCUT2D eigenvalue weighted by Gasteiger charge is 2.16. The Morgan fingerprint density at radius 3 is 0.844 bits per heavy atom. The second kappa shape index (κ2) is 56.0. The number of aliphatic hydroxyl groups excluding tert-OH is 1. The third kappa shape index (κ3) is 53.3. The summed E-state index contributed by atoms with van der Waals surface area (Å²) < 4.78 is 10.7. The maximum atomic E-state index is 12.3. The monoisotopic (exact) mass is 903 g/mol. The average molecular weight is 904 g/mol. The van der Waals surface area contributed by atoms with Crippen LogP contribution in [0.1, 0.15) is 335 Å². The van der Waals surface area contributed by atoms with Crippen molar-refractivity contribution in [2.45, 2.75) is 341 Å². The van der Waals surface area contributed by atoms with E-state index < -0.39 is 6.10 Å². The van der Waals surface area contributed by atoms with Crippen molar-refractivity contribution in [2.75, 3.05) is 13.2 Å². The first-order valence-corrected chi connectivity index (χ1v) is 29.2. The normalized spacial score (nSPS) is 12.1. The molecule has 64 heavy (non-hydrogen) atoms. The standard InChI is InChI=1S/C59H114O5/c1-3-5-7-9-11-13-15-17-19-21-23-24-25-26-27-28-29-30-31-32-33-34-36-37-39-41-43-45-47-49-51-53-58(61)63-56-57(55-60)64-59(62)54-52-50-48-46-44-42-40-38-35-22-20-18-16-14-12-10-8-6-4-2/h18,20,57,60H,3-17,19,21-56H2,1-2H3/b20-18-. The fourth-order valence-corrected chi connectivity index (χ4v) is 9.14. The van der Waals surface area contributed by atoms with Crippen molar-refractivity contribution < 1.29 is 24.2 Å². The van der Waals surface area contributed by atoms with Crippen LogP contribution in [0.3, 0.4) is 0 Å². The molecule has 0 amide bonds. The molecule has 0 aliphatic rings. The lowest BCUT2D eigenvalue weighted by molar-refractivity contribution is -0.161. The highest BCUT2D eigenvalue weighted by molar-refractivity contribution is 5.70. The number of carbonyl (C=O) groups excluding carboxylic acids is 2. The number of hydrogen-bond acceptors (Lipinski definition) is 5. The van der Waals surface area contributed by atoms with Crippen molar-refractivity contribution in [1.82, 2.24) is 0 Å². The molecule has 0 aliphatic carbocycles. The van der Waals surface area contributed by atoms with Crippen LogP contribution in [-0.4, -0.2) is 36.4 Å². The molecule has 1 N–H and O–H groups in total. The minimum Gasteiger partial charge on any atom is -0.462 e. The molecule has 0 fully saturated rings. The molecule has 0 saturated heterocycles. The first kappa shape index (κ1) is 62.6. The van der Waals surface area contributed by atoms with Crippen molar-refractivity contribution in [3.63, 3.8) is 0 Å². The van der Waals surface area contributed by atoms with Gasteiger partial charge in [-0.15, -0.1) is 0 Å². The topological polar surface area (TPSA) is 72.8 Å². The minimum atomic E-state index is -0.768. The number of allylic oxidation sites excluding steroid dienone is 2. The van der Waals surface area contributed by atoms with Gasteiger partial charge in [0.05, 0.1) is 6.61 Å². The van der Waals surface area contributed by atoms with E-state index in [4.69, 9.17) is 9.47 Å². The van der Waals surface area contributed by atoms with Crippen LogP contribution in [0.25, 0.3) is 0 Å². The maximum absolute atomic E-state index is 12.3. The Bertz CT molecular complexity index is 932. The van der Waals surface area contributed by atoms with E-state index in [1.165, 1.54) is 276 Å². The molecule has 0 aromatic heterocycles. The molecule has 0 aromatic carbocycles. The summed E-state index contributed by atoms with van der Waals surface area (Å²) in [4.78, 5) is 24.5. The molecule has 1 atom stereocenters. The van der Waals surface area contributed by atoms with Gasteiger partial charge in [0.15, 0.2) is 6.10 Å². The summed E-state index contributed by atoms with van der Waals surface area (Å²) in [7, 11) is 0. The first-order valence-electron chi connectivity index (χ1n) is 29.2. The molecule has 0 heterocycles. The number of esters is 2. The van der Waals surface area contributed by atoms with E-state index in [0.29, 0.717) is 12.8 Å². The van der Waals surface area contributed by atoms with Gasteiger partial charge in [-0.2, -0.15) is 0 Å². The van der Waals surface area contributed by atoms with Crippen molar-refractivity contribution in [3.05, 3.63) is 12.2 Å². The van der Waals surface area contributed by atoms with E-state index >= 15 is 0 Å². The molecule has 0 rings (SSSR count). The average Bonchev–Trinajstić information content (AvgIpc) is 3.30. The van der Waals surface area contributed by atoms with E-state index in [0.717, 1.165) is 32.1 Å². The Morgan fingerprint density at radius 2 is 0.578 bits per heavy atom. The molecular formula is C59H114O5. The maximum Gasteiger partial charge on any atom is 0.306 e. The van der Waals surface area contributed by atoms with Gasteiger partial charge in [0, 0.05) is 12.8 Å². The summed E-state index contributed by atoms with van der Waals surface area (Å²) in [6.07, 6.45) is 69.2. The van der Waals surface area contributed by atoms with Gasteiger partial charge >= 0.3 is 11.9 Å². The van der Waals surface area contributed by atoms with E-state index in [-0.39, 0.29) is 25.2 Å². The van der Waals surface area contributed by atoms with E-state index in [2.05, 4.69) is 26.0 Å². The van der Waals surface area contributed by atoms with Crippen molar-refractivity contribution >= 4 is 11.9 Å². The molecule has 0 radical (unpaired) electrons. The van der Waals surface area contributed by atoms with Gasteiger partial charge in [0.2, 0.25) is 0 Å². The summed E-state index contributed by atoms with van der Waals surface area (Å²) in [6.45, 7) is 4.19. The molecule has 0 aliphatic heterocycles. The lowest BCUT2D eigenvalue weighted by Crippen LogP contribution is -2.28. The fourth-order valence-electron chi connectivity index (χ4n) is 9.14. The zero-order chi connectivity index (χ0) is 46.3. The molecule has 380 valence electrons. The number of rotatable bonds is 55. The van der Waals surface area contributed by atoms with Gasteiger partial charge in [0.1, 0.15) is 6.61 Å². The summed E-state index contributed by atoms with van der Waals surface area (Å²) in [5, 5.41) is 9.65. The van der Waals surface area contributed by atoms with Gasteiger partial charge in [0.25, 0.3) is 0 Å². The van der Waals surface area contributed by atoms with E-state index in [1.54, 1.807) is 0 Å². The molecule has 1 unspecified atom stereocenters. The van der Waals surface area contributed by atoms with Crippen LogP contribution >= 0.6 is 0 Å². The molecule has 5 nitrogen and oxygen atoms in total. The smallest absolute Gasteiger partial charge is 0.306 e. The molecular weight excluding hydrogens is 789 g/mol. The molecule has 0 spiro atoms. The predicted molar refractivity (Wildman–Crippen MR) is 279 cm³/mol. The largest absolute Gasteiger partial charge is 0.462 e. The third-order valence-corrected chi connectivity index (χ3v) is 13.6. The van der Waals surface area contributed by atoms with Gasteiger partial charge in [-0.3, -0.25) is 9.59 Å². The Morgan fingerprint density at radius 1 is 0.344 bits per heavy atom. The van der Waals surface area contributed by atoms with Crippen LogP contribution in [0.4, 0.5) is 0 Å². The molecule has 5 heteroatoms. The van der Waals surface area contributed by atoms with Crippen LogP contribution in [0.5, 0.6) is 0 Å². The second-order valence-electron chi connectivity index (χ2n) is 20.1. The summed E-state index contributed by atoms with van der Waals surface area (Å²) in [6, 6.07) is 0. The number of hydrogen-bond donors (Lipinski definition) is 1.